The van der Waals surface area contributed by atoms with Gasteiger partial charge in [-0.2, -0.15) is 9.97 Å². The van der Waals surface area contributed by atoms with E-state index in [-0.39, 0.29) is 6.61 Å². The topological polar surface area (TPSA) is 64.5 Å². The average molecular weight is 278 g/mol. The minimum Gasteiger partial charge on any atom is -0.481 e. The molecule has 0 bridgehead atoms. The molecular formula is C13H14N2O3S. The van der Waals surface area contributed by atoms with Crippen molar-refractivity contribution in [1.82, 2.24) is 9.97 Å². The number of aliphatic hydroxyl groups is 1. The Morgan fingerprint density at radius 3 is 2.32 bits per heavy atom. The van der Waals surface area contributed by atoms with Crippen LogP contribution in [0.2, 0.25) is 0 Å². The molecule has 2 rings (SSSR count). The van der Waals surface area contributed by atoms with Crippen molar-refractivity contribution < 1.29 is 14.6 Å². The maximum Gasteiger partial charge on any atom is 0.220 e. The Labute approximate surface area is 115 Å². The maximum absolute atomic E-state index is 9.29. The van der Waals surface area contributed by atoms with E-state index in [0.717, 1.165) is 10.5 Å². The first-order chi connectivity index (χ1) is 9.26. The zero-order valence-corrected chi connectivity index (χ0v) is 11.5. The van der Waals surface area contributed by atoms with E-state index in [1.807, 2.05) is 24.3 Å². The van der Waals surface area contributed by atoms with Gasteiger partial charge in [0, 0.05) is 4.90 Å². The van der Waals surface area contributed by atoms with Crippen molar-refractivity contribution in [2.45, 2.75) is 16.7 Å². The first-order valence-corrected chi connectivity index (χ1v) is 6.42. The van der Waals surface area contributed by atoms with Gasteiger partial charge in [0.2, 0.25) is 11.8 Å². The number of benzene rings is 1. The standard InChI is InChI=1S/C13H14N2O3S/c1-17-11-7-12(18-2)15-13(14-11)19-10-6-4-3-5-9(10)8-16/h3-7,16H,8H2,1-2H3. The molecule has 1 heterocycles. The molecule has 0 fully saturated rings. The Balaban J connectivity index is 2.32. The highest BCUT2D eigenvalue weighted by molar-refractivity contribution is 7.99. The number of hydrogen-bond donors (Lipinski definition) is 1. The van der Waals surface area contributed by atoms with Crippen molar-refractivity contribution in [2.75, 3.05) is 14.2 Å². The van der Waals surface area contributed by atoms with Crippen LogP contribution in [0.3, 0.4) is 0 Å². The largest absolute Gasteiger partial charge is 0.481 e. The molecule has 0 aliphatic heterocycles. The number of hydrogen-bond acceptors (Lipinski definition) is 6. The molecule has 0 aliphatic rings. The molecule has 0 unspecified atom stereocenters. The summed E-state index contributed by atoms with van der Waals surface area (Å²) >= 11 is 1.36. The van der Waals surface area contributed by atoms with Gasteiger partial charge < -0.3 is 14.6 Å². The van der Waals surface area contributed by atoms with Gasteiger partial charge in [0.25, 0.3) is 0 Å². The molecule has 1 N–H and O–H groups in total. The van der Waals surface area contributed by atoms with Crippen molar-refractivity contribution in [3.05, 3.63) is 35.9 Å². The van der Waals surface area contributed by atoms with E-state index < -0.39 is 0 Å². The van der Waals surface area contributed by atoms with Crippen LogP contribution in [-0.4, -0.2) is 29.3 Å². The normalized spacial score (nSPS) is 10.3. The Kier molecular flexibility index (Phi) is 4.59. The minimum atomic E-state index is -0.0235. The lowest BCUT2D eigenvalue weighted by atomic mass is 10.2. The van der Waals surface area contributed by atoms with E-state index in [1.165, 1.54) is 26.0 Å². The number of aromatic nitrogens is 2. The maximum atomic E-state index is 9.29. The second-order valence-corrected chi connectivity index (χ2v) is 4.61. The van der Waals surface area contributed by atoms with Crippen LogP contribution >= 0.6 is 11.8 Å². The van der Waals surface area contributed by atoms with E-state index in [0.29, 0.717) is 16.9 Å². The van der Waals surface area contributed by atoms with Crippen LogP contribution in [0, 0.1) is 0 Å². The van der Waals surface area contributed by atoms with Crippen LogP contribution in [0.1, 0.15) is 5.56 Å². The minimum absolute atomic E-state index is 0.0235. The van der Waals surface area contributed by atoms with Crippen LogP contribution in [0.25, 0.3) is 0 Å². The molecule has 2 aromatic rings. The summed E-state index contributed by atoms with van der Waals surface area (Å²) in [5, 5.41) is 9.81. The van der Waals surface area contributed by atoms with Gasteiger partial charge in [-0.25, -0.2) is 0 Å². The molecule has 0 atom stereocenters. The molecule has 5 nitrogen and oxygen atoms in total. The van der Waals surface area contributed by atoms with Gasteiger partial charge in [0.15, 0.2) is 5.16 Å². The monoisotopic (exact) mass is 278 g/mol. The molecule has 0 amide bonds. The Morgan fingerprint density at radius 2 is 1.74 bits per heavy atom. The van der Waals surface area contributed by atoms with Crippen molar-refractivity contribution in [3.63, 3.8) is 0 Å². The third kappa shape index (κ3) is 3.36. The SMILES string of the molecule is COc1cc(OC)nc(Sc2ccccc2CO)n1. The summed E-state index contributed by atoms with van der Waals surface area (Å²) in [4.78, 5) is 9.38. The Morgan fingerprint density at radius 1 is 1.11 bits per heavy atom. The van der Waals surface area contributed by atoms with E-state index in [9.17, 15) is 5.11 Å². The molecule has 0 radical (unpaired) electrons. The molecule has 6 heteroatoms. The summed E-state index contributed by atoms with van der Waals surface area (Å²) in [6, 6.07) is 9.16. The molecule has 0 saturated carbocycles. The lowest BCUT2D eigenvalue weighted by Crippen LogP contribution is -1.96. The van der Waals surface area contributed by atoms with E-state index in [4.69, 9.17) is 9.47 Å². The van der Waals surface area contributed by atoms with E-state index in [2.05, 4.69) is 9.97 Å². The Hall–Kier alpha value is -1.79. The van der Waals surface area contributed by atoms with Gasteiger partial charge >= 0.3 is 0 Å². The molecule has 19 heavy (non-hydrogen) atoms. The van der Waals surface area contributed by atoms with Gasteiger partial charge in [-0.3, -0.25) is 0 Å². The first-order valence-electron chi connectivity index (χ1n) is 5.60. The summed E-state index contributed by atoms with van der Waals surface area (Å²) in [5.74, 6) is 0.881. The summed E-state index contributed by atoms with van der Waals surface area (Å²) in [6.45, 7) is -0.0235. The molecule has 1 aromatic heterocycles. The highest BCUT2D eigenvalue weighted by atomic mass is 32.2. The highest BCUT2D eigenvalue weighted by Crippen LogP contribution is 2.30. The number of nitrogens with zero attached hydrogens (tertiary/aromatic N) is 2. The lowest BCUT2D eigenvalue weighted by Gasteiger charge is -2.08. The van der Waals surface area contributed by atoms with Gasteiger partial charge in [-0.15, -0.1) is 0 Å². The second kappa shape index (κ2) is 6.40. The Bertz CT molecular complexity index is 541. The predicted molar refractivity (Wildman–Crippen MR) is 71.6 cm³/mol. The number of ether oxygens (including phenoxy) is 2. The van der Waals surface area contributed by atoms with Crippen LogP contribution in [0.5, 0.6) is 11.8 Å². The van der Waals surface area contributed by atoms with Gasteiger partial charge in [0.05, 0.1) is 26.9 Å². The van der Waals surface area contributed by atoms with Crippen LogP contribution in [-0.2, 0) is 6.61 Å². The fraction of sp³-hybridized carbons (Fsp3) is 0.231. The molecule has 0 saturated heterocycles. The lowest BCUT2D eigenvalue weighted by molar-refractivity contribution is 0.279. The highest BCUT2D eigenvalue weighted by Gasteiger charge is 2.09. The third-order valence-corrected chi connectivity index (χ3v) is 3.40. The van der Waals surface area contributed by atoms with Crippen molar-refractivity contribution in [2.24, 2.45) is 0 Å². The molecule has 0 aliphatic carbocycles. The number of methoxy groups -OCH3 is 2. The smallest absolute Gasteiger partial charge is 0.220 e. The zero-order chi connectivity index (χ0) is 13.7. The van der Waals surface area contributed by atoms with E-state index >= 15 is 0 Å². The summed E-state index contributed by atoms with van der Waals surface area (Å²) in [7, 11) is 3.08. The zero-order valence-electron chi connectivity index (χ0n) is 10.7. The predicted octanol–water partition coefficient (Wildman–Crippen LogP) is 2.14. The second-order valence-electron chi connectivity index (χ2n) is 3.60. The van der Waals surface area contributed by atoms with Crippen LogP contribution < -0.4 is 9.47 Å². The first kappa shape index (κ1) is 13.6. The van der Waals surface area contributed by atoms with Crippen molar-refractivity contribution in [3.8, 4) is 11.8 Å². The van der Waals surface area contributed by atoms with Crippen molar-refractivity contribution in [1.29, 1.82) is 0 Å². The molecule has 1 aromatic carbocycles. The third-order valence-electron chi connectivity index (χ3n) is 2.42. The van der Waals surface area contributed by atoms with Gasteiger partial charge in [0.1, 0.15) is 0 Å². The fourth-order valence-electron chi connectivity index (χ4n) is 1.47. The number of rotatable bonds is 5. The molecule has 0 spiro atoms. The average Bonchev–Trinajstić information content (AvgIpc) is 2.47. The van der Waals surface area contributed by atoms with Crippen LogP contribution in [0.15, 0.2) is 40.4 Å². The summed E-state index contributed by atoms with van der Waals surface area (Å²) in [6.07, 6.45) is 0. The van der Waals surface area contributed by atoms with Gasteiger partial charge in [-0.1, -0.05) is 18.2 Å². The molecule has 100 valence electrons. The van der Waals surface area contributed by atoms with Crippen LogP contribution in [0.4, 0.5) is 0 Å². The fourth-order valence-corrected chi connectivity index (χ4v) is 2.35. The quantitative estimate of drug-likeness (QED) is 0.845. The molecular weight excluding hydrogens is 264 g/mol. The summed E-state index contributed by atoms with van der Waals surface area (Å²) in [5.41, 5.74) is 0.831. The van der Waals surface area contributed by atoms with Crippen molar-refractivity contribution >= 4 is 11.8 Å². The number of aliphatic hydroxyl groups excluding tert-OH is 1. The van der Waals surface area contributed by atoms with E-state index in [1.54, 1.807) is 6.07 Å². The summed E-state index contributed by atoms with van der Waals surface area (Å²) < 4.78 is 10.2. The van der Waals surface area contributed by atoms with Gasteiger partial charge in [-0.05, 0) is 23.4 Å².